The lowest BCUT2D eigenvalue weighted by molar-refractivity contribution is -0.129. The molecule has 3 heteroatoms. The summed E-state index contributed by atoms with van der Waals surface area (Å²) in [6.07, 6.45) is 2.05. The third-order valence-corrected chi connectivity index (χ3v) is 2.14. The summed E-state index contributed by atoms with van der Waals surface area (Å²) in [7, 11) is 0. The van der Waals surface area contributed by atoms with Gasteiger partial charge in [-0.1, -0.05) is 11.6 Å². The van der Waals surface area contributed by atoms with Crippen molar-refractivity contribution < 1.29 is 4.79 Å². The van der Waals surface area contributed by atoms with Crippen LogP contribution in [-0.4, -0.2) is 29.9 Å². The SMILES string of the molecule is CC(=O)N1CC=C(C)C1CN. The van der Waals surface area contributed by atoms with Crippen molar-refractivity contribution >= 4 is 5.91 Å². The number of carbonyl (C=O) groups is 1. The Hall–Kier alpha value is -0.830. The molecule has 0 radical (unpaired) electrons. The van der Waals surface area contributed by atoms with E-state index in [0.29, 0.717) is 6.54 Å². The van der Waals surface area contributed by atoms with Crippen molar-refractivity contribution in [1.29, 1.82) is 0 Å². The zero-order valence-corrected chi connectivity index (χ0v) is 7.00. The van der Waals surface area contributed by atoms with E-state index in [9.17, 15) is 4.79 Å². The standard InChI is InChI=1S/C8H14N2O/c1-6-3-4-10(7(2)11)8(6)5-9/h3,8H,4-5,9H2,1-2H3. The van der Waals surface area contributed by atoms with Gasteiger partial charge in [0.1, 0.15) is 0 Å². The van der Waals surface area contributed by atoms with Gasteiger partial charge in [0.2, 0.25) is 5.91 Å². The predicted molar refractivity (Wildman–Crippen MR) is 44.0 cm³/mol. The number of amides is 1. The summed E-state index contributed by atoms with van der Waals surface area (Å²) in [5, 5.41) is 0. The molecule has 2 N–H and O–H groups in total. The van der Waals surface area contributed by atoms with Gasteiger partial charge in [0, 0.05) is 20.0 Å². The van der Waals surface area contributed by atoms with Crippen molar-refractivity contribution in [1.82, 2.24) is 4.90 Å². The highest BCUT2D eigenvalue weighted by Gasteiger charge is 2.24. The second kappa shape index (κ2) is 3.05. The van der Waals surface area contributed by atoms with Gasteiger partial charge in [-0.15, -0.1) is 0 Å². The van der Waals surface area contributed by atoms with Crippen molar-refractivity contribution in [3.8, 4) is 0 Å². The van der Waals surface area contributed by atoms with E-state index in [1.165, 1.54) is 5.57 Å². The lowest BCUT2D eigenvalue weighted by Crippen LogP contribution is -2.40. The zero-order chi connectivity index (χ0) is 8.43. The molecule has 0 aromatic rings. The first-order chi connectivity index (χ1) is 5.16. The highest BCUT2D eigenvalue weighted by atomic mass is 16.2. The summed E-state index contributed by atoms with van der Waals surface area (Å²) in [5.41, 5.74) is 6.73. The fourth-order valence-electron chi connectivity index (χ4n) is 1.41. The molecule has 0 saturated heterocycles. The number of nitrogens with two attached hydrogens (primary N) is 1. The lowest BCUT2D eigenvalue weighted by atomic mass is 10.1. The summed E-state index contributed by atoms with van der Waals surface area (Å²) in [5.74, 6) is 0.105. The van der Waals surface area contributed by atoms with Gasteiger partial charge in [-0.05, 0) is 6.92 Å². The summed E-state index contributed by atoms with van der Waals surface area (Å²) >= 11 is 0. The van der Waals surface area contributed by atoms with Crippen molar-refractivity contribution in [2.45, 2.75) is 19.9 Å². The first kappa shape index (κ1) is 8.27. The Morgan fingerprint density at radius 2 is 2.55 bits per heavy atom. The second-order valence-corrected chi connectivity index (χ2v) is 2.87. The van der Waals surface area contributed by atoms with Crippen LogP contribution in [0.4, 0.5) is 0 Å². The van der Waals surface area contributed by atoms with Crippen molar-refractivity contribution in [2.75, 3.05) is 13.1 Å². The Morgan fingerprint density at radius 1 is 1.91 bits per heavy atom. The molecule has 0 aliphatic carbocycles. The van der Waals surface area contributed by atoms with Crippen LogP contribution in [-0.2, 0) is 4.79 Å². The Bertz CT molecular complexity index is 198. The molecule has 1 atom stereocenters. The Morgan fingerprint density at radius 3 is 2.91 bits per heavy atom. The van der Waals surface area contributed by atoms with E-state index in [2.05, 4.69) is 6.08 Å². The molecule has 0 aromatic carbocycles. The molecular weight excluding hydrogens is 140 g/mol. The monoisotopic (exact) mass is 154 g/mol. The van der Waals surface area contributed by atoms with Crippen LogP contribution in [0.5, 0.6) is 0 Å². The minimum atomic E-state index is 0.105. The van der Waals surface area contributed by atoms with Crippen LogP contribution < -0.4 is 5.73 Å². The van der Waals surface area contributed by atoms with Gasteiger partial charge in [0.05, 0.1) is 6.04 Å². The lowest BCUT2D eigenvalue weighted by Gasteiger charge is -2.23. The van der Waals surface area contributed by atoms with Crippen LogP contribution in [0, 0.1) is 0 Å². The van der Waals surface area contributed by atoms with Gasteiger partial charge >= 0.3 is 0 Å². The number of carbonyl (C=O) groups excluding carboxylic acids is 1. The molecule has 0 spiro atoms. The summed E-state index contributed by atoms with van der Waals surface area (Å²) in [6, 6.07) is 0.146. The van der Waals surface area contributed by atoms with E-state index >= 15 is 0 Å². The van der Waals surface area contributed by atoms with Crippen LogP contribution in [0.25, 0.3) is 0 Å². The van der Waals surface area contributed by atoms with E-state index in [1.54, 1.807) is 11.8 Å². The van der Waals surface area contributed by atoms with E-state index in [4.69, 9.17) is 5.73 Å². The molecule has 0 aromatic heterocycles. The highest BCUT2D eigenvalue weighted by molar-refractivity contribution is 5.75. The molecule has 1 amide bonds. The second-order valence-electron chi connectivity index (χ2n) is 2.87. The van der Waals surface area contributed by atoms with Crippen molar-refractivity contribution in [2.24, 2.45) is 5.73 Å². The normalized spacial score (nSPS) is 23.7. The smallest absolute Gasteiger partial charge is 0.220 e. The highest BCUT2D eigenvalue weighted by Crippen LogP contribution is 2.16. The van der Waals surface area contributed by atoms with Crippen LogP contribution in [0.15, 0.2) is 11.6 Å². The largest absolute Gasteiger partial charge is 0.331 e. The fraction of sp³-hybridized carbons (Fsp3) is 0.625. The van der Waals surface area contributed by atoms with Crippen molar-refractivity contribution in [3.05, 3.63) is 11.6 Å². The number of hydrogen-bond donors (Lipinski definition) is 1. The zero-order valence-electron chi connectivity index (χ0n) is 7.00. The molecule has 0 bridgehead atoms. The maximum absolute atomic E-state index is 11.0. The number of hydrogen-bond acceptors (Lipinski definition) is 2. The van der Waals surface area contributed by atoms with Gasteiger partial charge in [-0.2, -0.15) is 0 Å². The maximum atomic E-state index is 11.0. The molecule has 1 rings (SSSR count). The molecule has 62 valence electrons. The van der Waals surface area contributed by atoms with Gasteiger partial charge in [-0.25, -0.2) is 0 Å². The molecule has 1 heterocycles. The van der Waals surface area contributed by atoms with E-state index < -0.39 is 0 Å². The molecule has 1 unspecified atom stereocenters. The summed E-state index contributed by atoms with van der Waals surface area (Å²) in [4.78, 5) is 12.8. The first-order valence-electron chi connectivity index (χ1n) is 3.80. The fourth-order valence-corrected chi connectivity index (χ4v) is 1.41. The third kappa shape index (κ3) is 1.43. The van der Waals surface area contributed by atoms with E-state index in [1.807, 2.05) is 6.92 Å². The molecule has 0 saturated carbocycles. The summed E-state index contributed by atoms with van der Waals surface area (Å²) < 4.78 is 0. The number of rotatable bonds is 1. The van der Waals surface area contributed by atoms with Crippen LogP contribution in [0.1, 0.15) is 13.8 Å². The quantitative estimate of drug-likeness (QED) is 0.545. The Labute approximate surface area is 66.9 Å². The Balaban J connectivity index is 2.68. The maximum Gasteiger partial charge on any atom is 0.220 e. The van der Waals surface area contributed by atoms with Crippen LogP contribution in [0.3, 0.4) is 0 Å². The topological polar surface area (TPSA) is 46.3 Å². The van der Waals surface area contributed by atoms with Crippen LogP contribution >= 0.6 is 0 Å². The molecule has 1 aliphatic rings. The molecule has 1 aliphatic heterocycles. The average molecular weight is 154 g/mol. The van der Waals surface area contributed by atoms with Crippen LogP contribution in [0.2, 0.25) is 0 Å². The minimum absolute atomic E-state index is 0.105. The average Bonchev–Trinajstić information content (AvgIpc) is 2.30. The predicted octanol–water partition coefficient (Wildman–Crippen LogP) is 0.122. The van der Waals surface area contributed by atoms with Crippen molar-refractivity contribution in [3.63, 3.8) is 0 Å². The van der Waals surface area contributed by atoms with Gasteiger partial charge in [0.25, 0.3) is 0 Å². The van der Waals surface area contributed by atoms with E-state index in [-0.39, 0.29) is 11.9 Å². The summed E-state index contributed by atoms with van der Waals surface area (Å²) in [6.45, 7) is 4.85. The molecule has 0 fully saturated rings. The van der Waals surface area contributed by atoms with Gasteiger partial charge in [-0.3, -0.25) is 4.79 Å². The molecule has 3 nitrogen and oxygen atoms in total. The first-order valence-corrected chi connectivity index (χ1v) is 3.80. The number of nitrogens with zero attached hydrogens (tertiary/aromatic N) is 1. The van der Waals surface area contributed by atoms with Gasteiger partial charge < -0.3 is 10.6 Å². The van der Waals surface area contributed by atoms with E-state index in [0.717, 1.165) is 6.54 Å². The minimum Gasteiger partial charge on any atom is -0.331 e. The van der Waals surface area contributed by atoms with Gasteiger partial charge in [0.15, 0.2) is 0 Å². The molecule has 11 heavy (non-hydrogen) atoms. The molecular formula is C8H14N2O. The third-order valence-electron chi connectivity index (χ3n) is 2.14. The Kier molecular flexibility index (Phi) is 2.29.